The maximum atomic E-state index is 11.3. The van der Waals surface area contributed by atoms with Gasteiger partial charge in [0.2, 0.25) is 5.91 Å². The first-order valence-corrected chi connectivity index (χ1v) is 5.70. The number of methoxy groups -OCH3 is 1. The number of hydrogen-bond acceptors (Lipinski definition) is 3. The summed E-state index contributed by atoms with van der Waals surface area (Å²) in [5, 5.41) is 3.20. The highest BCUT2D eigenvalue weighted by molar-refractivity contribution is 6.30. The predicted octanol–water partition coefficient (Wildman–Crippen LogP) is 2.25. The summed E-state index contributed by atoms with van der Waals surface area (Å²) < 4.78 is 4.60. The van der Waals surface area contributed by atoms with E-state index in [4.69, 9.17) is 11.6 Å². The maximum Gasteiger partial charge on any atom is 0.307 e. The van der Waals surface area contributed by atoms with Gasteiger partial charge in [-0.3, -0.25) is 9.59 Å². The van der Waals surface area contributed by atoms with Crippen LogP contribution in [0.1, 0.15) is 18.0 Å². The molecule has 0 heterocycles. The molecular formula is C13H14ClNO3. The summed E-state index contributed by atoms with van der Waals surface area (Å²) >= 11 is 5.88. The third-order valence-electron chi connectivity index (χ3n) is 2.35. The Morgan fingerprint density at radius 2 is 2.28 bits per heavy atom. The molecule has 96 valence electrons. The van der Waals surface area contributed by atoms with Crippen molar-refractivity contribution in [3.63, 3.8) is 0 Å². The molecule has 0 aliphatic rings. The highest BCUT2D eigenvalue weighted by Gasteiger charge is 2.18. The molecule has 4 nitrogen and oxygen atoms in total. The van der Waals surface area contributed by atoms with Gasteiger partial charge in [0.15, 0.2) is 0 Å². The number of carbonyl (C=O) groups excluding carboxylic acids is 2. The Morgan fingerprint density at radius 1 is 1.56 bits per heavy atom. The average Bonchev–Trinajstić information content (AvgIpc) is 2.37. The summed E-state index contributed by atoms with van der Waals surface area (Å²) in [7, 11) is 1.30. The summed E-state index contributed by atoms with van der Waals surface area (Å²) in [6.07, 6.45) is 1.19. The second-order valence-electron chi connectivity index (χ2n) is 3.60. The fourth-order valence-electron chi connectivity index (χ4n) is 1.46. The van der Waals surface area contributed by atoms with Crippen molar-refractivity contribution in [1.29, 1.82) is 0 Å². The van der Waals surface area contributed by atoms with Crippen LogP contribution in [0.5, 0.6) is 0 Å². The van der Waals surface area contributed by atoms with Gasteiger partial charge in [-0.25, -0.2) is 0 Å². The maximum absolute atomic E-state index is 11.3. The van der Waals surface area contributed by atoms with Crippen molar-refractivity contribution in [3.05, 3.63) is 47.5 Å². The van der Waals surface area contributed by atoms with Gasteiger partial charge < -0.3 is 10.1 Å². The minimum atomic E-state index is -0.485. The molecule has 0 aliphatic carbocycles. The molecule has 0 bridgehead atoms. The summed E-state index contributed by atoms with van der Waals surface area (Å²) in [5.74, 6) is -0.770. The van der Waals surface area contributed by atoms with Crippen LogP contribution in [-0.2, 0) is 14.3 Å². The van der Waals surface area contributed by atoms with Crippen LogP contribution in [0.2, 0.25) is 5.02 Å². The molecule has 1 aromatic rings. The first-order chi connectivity index (χ1) is 8.56. The molecule has 1 aromatic carbocycles. The fraction of sp³-hybridized carbons (Fsp3) is 0.231. The summed E-state index contributed by atoms with van der Waals surface area (Å²) in [6.45, 7) is 3.37. The van der Waals surface area contributed by atoms with E-state index in [0.29, 0.717) is 5.02 Å². The van der Waals surface area contributed by atoms with Crippen molar-refractivity contribution < 1.29 is 14.3 Å². The molecule has 0 saturated heterocycles. The van der Waals surface area contributed by atoms with Crippen molar-refractivity contribution in [2.75, 3.05) is 7.11 Å². The van der Waals surface area contributed by atoms with Crippen molar-refractivity contribution in [2.24, 2.45) is 0 Å². The van der Waals surface area contributed by atoms with Crippen LogP contribution < -0.4 is 5.32 Å². The number of halogens is 1. The van der Waals surface area contributed by atoms with Gasteiger partial charge in [-0.1, -0.05) is 30.3 Å². The number of amides is 1. The molecular weight excluding hydrogens is 254 g/mol. The molecule has 5 heteroatoms. The largest absolute Gasteiger partial charge is 0.469 e. The van der Waals surface area contributed by atoms with Crippen LogP contribution in [0.15, 0.2) is 36.9 Å². The van der Waals surface area contributed by atoms with Gasteiger partial charge >= 0.3 is 5.97 Å². The van der Waals surface area contributed by atoms with Crippen LogP contribution in [0.4, 0.5) is 0 Å². The second kappa shape index (κ2) is 6.81. The number of carbonyl (C=O) groups is 2. The smallest absolute Gasteiger partial charge is 0.307 e. The highest BCUT2D eigenvalue weighted by Crippen LogP contribution is 2.21. The molecule has 18 heavy (non-hydrogen) atoms. The Labute approximate surface area is 111 Å². The van der Waals surface area contributed by atoms with Gasteiger partial charge in [0.05, 0.1) is 19.6 Å². The van der Waals surface area contributed by atoms with E-state index in [2.05, 4.69) is 16.6 Å². The van der Waals surface area contributed by atoms with E-state index in [1.165, 1.54) is 7.11 Å². The highest BCUT2D eigenvalue weighted by atomic mass is 35.5. The molecule has 0 spiro atoms. The van der Waals surface area contributed by atoms with Gasteiger partial charge in [0.1, 0.15) is 0 Å². The van der Waals surface area contributed by atoms with Crippen LogP contribution in [0, 0.1) is 0 Å². The van der Waals surface area contributed by atoms with E-state index < -0.39 is 12.0 Å². The van der Waals surface area contributed by atoms with Crippen LogP contribution in [0.25, 0.3) is 0 Å². The number of esters is 1. The second-order valence-corrected chi connectivity index (χ2v) is 4.04. The first kappa shape index (κ1) is 14.3. The molecule has 0 saturated carbocycles. The standard InChI is InChI=1S/C13H14ClNO3/c1-3-12(16)15-11(8-13(17)18-2)9-5-4-6-10(14)7-9/h3-7,11H,1,8H2,2H3,(H,15,16)/t11-/m1/s1. The molecule has 1 atom stereocenters. The zero-order valence-electron chi connectivity index (χ0n) is 9.98. The number of hydrogen-bond donors (Lipinski definition) is 1. The van der Waals surface area contributed by atoms with Gasteiger partial charge in [-0.05, 0) is 23.8 Å². The van der Waals surface area contributed by atoms with Crippen molar-refractivity contribution >= 4 is 23.5 Å². The Morgan fingerprint density at radius 3 is 2.83 bits per heavy atom. The Balaban J connectivity index is 2.92. The molecule has 0 radical (unpaired) electrons. The zero-order chi connectivity index (χ0) is 13.5. The minimum Gasteiger partial charge on any atom is -0.469 e. The lowest BCUT2D eigenvalue weighted by molar-refractivity contribution is -0.141. The average molecular weight is 268 g/mol. The van der Waals surface area contributed by atoms with Gasteiger partial charge in [-0.15, -0.1) is 0 Å². The number of ether oxygens (including phenoxy) is 1. The van der Waals surface area contributed by atoms with Crippen LogP contribution in [0.3, 0.4) is 0 Å². The summed E-state index contributed by atoms with van der Waals surface area (Å²) in [5.41, 5.74) is 0.739. The zero-order valence-corrected chi connectivity index (χ0v) is 10.7. The Hall–Kier alpha value is -1.81. The third kappa shape index (κ3) is 4.22. The molecule has 0 aromatic heterocycles. The first-order valence-electron chi connectivity index (χ1n) is 5.32. The quantitative estimate of drug-likeness (QED) is 0.658. The number of nitrogens with one attached hydrogen (secondary N) is 1. The van der Waals surface area contributed by atoms with E-state index in [0.717, 1.165) is 11.6 Å². The Bertz CT molecular complexity index is 459. The lowest BCUT2D eigenvalue weighted by atomic mass is 10.0. The molecule has 1 amide bonds. The molecule has 1 N–H and O–H groups in total. The van der Waals surface area contributed by atoms with Gasteiger partial charge in [-0.2, -0.15) is 0 Å². The predicted molar refractivity (Wildman–Crippen MR) is 69.2 cm³/mol. The minimum absolute atomic E-state index is 0.0381. The van der Waals surface area contributed by atoms with Crippen LogP contribution in [-0.4, -0.2) is 19.0 Å². The molecule has 0 unspecified atom stereocenters. The Kier molecular flexibility index (Phi) is 5.39. The number of rotatable bonds is 5. The van der Waals surface area contributed by atoms with Crippen molar-refractivity contribution in [2.45, 2.75) is 12.5 Å². The third-order valence-corrected chi connectivity index (χ3v) is 2.59. The number of benzene rings is 1. The molecule has 0 fully saturated rings. The lowest BCUT2D eigenvalue weighted by Crippen LogP contribution is -2.28. The molecule has 1 rings (SSSR count). The molecule has 0 aliphatic heterocycles. The van der Waals surface area contributed by atoms with E-state index in [1.807, 2.05) is 0 Å². The lowest BCUT2D eigenvalue weighted by Gasteiger charge is -2.17. The normalized spacial score (nSPS) is 11.4. The summed E-state index contributed by atoms with van der Waals surface area (Å²) in [6, 6.07) is 6.46. The summed E-state index contributed by atoms with van der Waals surface area (Å²) in [4.78, 5) is 22.7. The van der Waals surface area contributed by atoms with E-state index in [1.54, 1.807) is 24.3 Å². The SMILES string of the molecule is C=CC(=O)N[C@H](CC(=O)OC)c1cccc(Cl)c1. The van der Waals surface area contributed by atoms with Gasteiger partial charge in [0.25, 0.3) is 0 Å². The van der Waals surface area contributed by atoms with Crippen molar-refractivity contribution in [3.8, 4) is 0 Å². The van der Waals surface area contributed by atoms with Gasteiger partial charge in [0, 0.05) is 5.02 Å². The van der Waals surface area contributed by atoms with Crippen LogP contribution >= 0.6 is 11.6 Å². The van der Waals surface area contributed by atoms with Crippen molar-refractivity contribution in [1.82, 2.24) is 5.32 Å². The topological polar surface area (TPSA) is 55.4 Å². The fourth-order valence-corrected chi connectivity index (χ4v) is 1.65. The van der Waals surface area contributed by atoms with E-state index in [-0.39, 0.29) is 12.3 Å². The monoisotopic (exact) mass is 267 g/mol. The van der Waals surface area contributed by atoms with E-state index in [9.17, 15) is 9.59 Å². The van der Waals surface area contributed by atoms with E-state index >= 15 is 0 Å².